The lowest BCUT2D eigenvalue weighted by molar-refractivity contribution is -0.119. The Kier molecular flexibility index (Phi) is 3.30. The molecule has 0 spiro atoms. The van der Waals surface area contributed by atoms with Crippen LogP contribution in [-0.2, 0) is 4.79 Å². The molecule has 1 aliphatic rings. The van der Waals surface area contributed by atoms with Gasteiger partial charge in [0, 0.05) is 12.1 Å². The van der Waals surface area contributed by atoms with E-state index in [-0.39, 0.29) is 18.0 Å². The highest BCUT2D eigenvalue weighted by molar-refractivity contribution is 6.32. The number of aryl methyl sites for hydroxylation is 1. The fourth-order valence-electron chi connectivity index (χ4n) is 2.11. The number of nitrogens with zero attached hydrogens (tertiary/aromatic N) is 2. The highest BCUT2D eigenvalue weighted by Gasteiger charge is 2.42. The van der Waals surface area contributed by atoms with Gasteiger partial charge in [-0.25, -0.2) is 9.69 Å². The van der Waals surface area contributed by atoms with Crippen LogP contribution in [-0.4, -0.2) is 29.9 Å². The predicted octanol–water partition coefficient (Wildman–Crippen LogP) is 2.83. The number of carbonyl (C=O) groups is 2. The minimum absolute atomic E-state index is 0.190. The van der Waals surface area contributed by atoms with Crippen molar-refractivity contribution >= 4 is 29.2 Å². The third-order valence-electron chi connectivity index (χ3n) is 3.27. The quantitative estimate of drug-likeness (QED) is 0.773. The van der Waals surface area contributed by atoms with E-state index in [0.717, 1.165) is 5.56 Å². The lowest BCUT2D eigenvalue weighted by Crippen LogP contribution is -2.31. The van der Waals surface area contributed by atoms with Crippen LogP contribution >= 0.6 is 11.6 Å². The van der Waals surface area contributed by atoms with E-state index in [9.17, 15) is 9.59 Å². The number of anilines is 1. The summed E-state index contributed by atoms with van der Waals surface area (Å²) in [6.07, 6.45) is 0.608. The van der Waals surface area contributed by atoms with Crippen LogP contribution in [0.15, 0.2) is 18.2 Å². The zero-order valence-corrected chi connectivity index (χ0v) is 11.4. The van der Waals surface area contributed by atoms with Crippen LogP contribution in [0.4, 0.5) is 10.5 Å². The van der Waals surface area contributed by atoms with Gasteiger partial charge in [0.15, 0.2) is 0 Å². The highest BCUT2D eigenvalue weighted by atomic mass is 35.5. The maximum Gasteiger partial charge on any atom is 0.331 e. The van der Waals surface area contributed by atoms with Crippen molar-refractivity contribution < 1.29 is 9.59 Å². The summed E-state index contributed by atoms with van der Waals surface area (Å²) in [7, 11) is 1.64. The molecule has 0 saturated carbocycles. The average molecular weight is 267 g/mol. The molecule has 1 unspecified atom stereocenters. The SMILES string of the molecule is CCC1C(=O)N(c2ccc(C)c(Cl)c2)C(=O)N1C. The Bertz CT molecular complexity index is 516. The summed E-state index contributed by atoms with van der Waals surface area (Å²) in [5, 5.41) is 0.552. The van der Waals surface area contributed by atoms with Crippen molar-refractivity contribution in [2.75, 3.05) is 11.9 Å². The van der Waals surface area contributed by atoms with Crippen molar-refractivity contribution in [2.24, 2.45) is 0 Å². The molecule has 0 aliphatic carbocycles. The van der Waals surface area contributed by atoms with Crippen LogP contribution in [0.5, 0.6) is 0 Å². The first-order valence-corrected chi connectivity index (χ1v) is 6.22. The first-order chi connectivity index (χ1) is 8.47. The van der Waals surface area contributed by atoms with Gasteiger partial charge in [0.2, 0.25) is 0 Å². The van der Waals surface area contributed by atoms with Crippen molar-refractivity contribution in [1.29, 1.82) is 0 Å². The van der Waals surface area contributed by atoms with Crippen LogP contribution in [0.1, 0.15) is 18.9 Å². The Balaban J connectivity index is 2.41. The summed E-state index contributed by atoms with van der Waals surface area (Å²) >= 11 is 6.03. The van der Waals surface area contributed by atoms with Crippen molar-refractivity contribution in [2.45, 2.75) is 26.3 Å². The van der Waals surface area contributed by atoms with Crippen molar-refractivity contribution in [3.05, 3.63) is 28.8 Å². The first kappa shape index (κ1) is 12.9. The molecule has 1 fully saturated rings. The van der Waals surface area contributed by atoms with Crippen LogP contribution in [0.2, 0.25) is 5.02 Å². The van der Waals surface area contributed by atoms with Gasteiger partial charge in [-0.05, 0) is 31.0 Å². The Morgan fingerprint density at radius 3 is 2.50 bits per heavy atom. The van der Waals surface area contributed by atoms with Crippen molar-refractivity contribution in [3.63, 3.8) is 0 Å². The Morgan fingerprint density at radius 1 is 1.33 bits per heavy atom. The van der Waals surface area contributed by atoms with Gasteiger partial charge < -0.3 is 4.90 Å². The Morgan fingerprint density at radius 2 is 2.00 bits per heavy atom. The van der Waals surface area contributed by atoms with Gasteiger partial charge in [-0.2, -0.15) is 0 Å². The van der Waals surface area contributed by atoms with E-state index in [1.54, 1.807) is 25.2 Å². The Hall–Kier alpha value is -1.55. The maximum atomic E-state index is 12.2. The molecule has 1 aromatic rings. The number of amides is 3. The van der Waals surface area contributed by atoms with Crippen molar-refractivity contribution in [3.8, 4) is 0 Å². The second kappa shape index (κ2) is 4.61. The number of benzene rings is 1. The van der Waals surface area contributed by atoms with Gasteiger partial charge in [0.25, 0.3) is 5.91 Å². The van der Waals surface area contributed by atoms with Crippen LogP contribution < -0.4 is 4.90 Å². The van der Waals surface area contributed by atoms with E-state index >= 15 is 0 Å². The van der Waals surface area contributed by atoms with E-state index < -0.39 is 0 Å². The van der Waals surface area contributed by atoms with Gasteiger partial charge in [-0.3, -0.25) is 4.79 Å². The smallest absolute Gasteiger partial charge is 0.315 e. The number of carbonyl (C=O) groups excluding carboxylic acids is 2. The lowest BCUT2D eigenvalue weighted by atomic mass is 10.2. The standard InChI is InChI=1S/C13H15ClN2O2/c1-4-11-12(17)16(13(18)15(11)3)9-6-5-8(2)10(14)7-9/h5-7,11H,4H2,1-3H3. The maximum absolute atomic E-state index is 12.2. The molecule has 0 radical (unpaired) electrons. The molecule has 1 saturated heterocycles. The monoisotopic (exact) mass is 266 g/mol. The fourth-order valence-corrected chi connectivity index (χ4v) is 2.28. The molecule has 1 aromatic carbocycles. The predicted molar refractivity (Wildman–Crippen MR) is 70.9 cm³/mol. The number of imide groups is 1. The molecular formula is C13H15ClN2O2. The molecule has 0 bridgehead atoms. The number of urea groups is 1. The first-order valence-electron chi connectivity index (χ1n) is 5.84. The van der Waals surface area contributed by atoms with E-state index in [4.69, 9.17) is 11.6 Å². The molecule has 1 aliphatic heterocycles. The molecule has 0 N–H and O–H groups in total. The summed E-state index contributed by atoms with van der Waals surface area (Å²) in [4.78, 5) is 26.9. The number of likely N-dealkylation sites (N-methyl/N-ethyl adjacent to an activating group) is 1. The molecule has 2 rings (SSSR count). The second-order valence-corrected chi connectivity index (χ2v) is 4.83. The van der Waals surface area contributed by atoms with Crippen molar-refractivity contribution in [1.82, 2.24) is 4.90 Å². The van der Waals surface area contributed by atoms with Gasteiger partial charge in [0.1, 0.15) is 6.04 Å². The summed E-state index contributed by atoms with van der Waals surface area (Å²) < 4.78 is 0. The van der Waals surface area contributed by atoms with E-state index in [1.165, 1.54) is 9.80 Å². The third-order valence-corrected chi connectivity index (χ3v) is 3.67. The van der Waals surface area contributed by atoms with Crippen LogP contribution in [0.3, 0.4) is 0 Å². The lowest BCUT2D eigenvalue weighted by Gasteiger charge is -2.14. The molecular weight excluding hydrogens is 252 g/mol. The molecule has 18 heavy (non-hydrogen) atoms. The zero-order valence-electron chi connectivity index (χ0n) is 10.6. The van der Waals surface area contributed by atoms with E-state index in [0.29, 0.717) is 17.1 Å². The average Bonchev–Trinajstić information content (AvgIpc) is 2.54. The molecule has 96 valence electrons. The second-order valence-electron chi connectivity index (χ2n) is 4.42. The third kappa shape index (κ3) is 1.86. The van der Waals surface area contributed by atoms with Gasteiger partial charge in [-0.15, -0.1) is 0 Å². The summed E-state index contributed by atoms with van der Waals surface area (Å²) in [6, 6.07) is 4.52. The van der Waals surface area contributed by atoms with Gasteiger partial charge in [0.05, 0.1) is 5.69 Å². The molecule has 1 heterocycles. The molecule has 5 heteroatoms. The van der Waals surface area contributed by atoms with Gasteiger partial charge in [-0.1, -0.05) is 24.6 Å². The summed E-state index contributed by atoms with van der Waals surface area (Å²) in [5.41, 5.74) is 1.45. The topological polar surface area (TPSA) is 40.6 Å². The fraction of sp³-hybridized carbons (Fsp3) is 0.385. The summed E-state index contributed by atoms with van der Waals surface area (Å²) in [5.74, 6) is -0.190. The Labute approximate surface area is 111 Å². The largest absolute Gasteiger partial charge is 0.331 e. The number of halogens is 1. The van der Waals surface area contributed by atoms with E-state index in [2.05, 4.69) is 0 Å². The number of hydrogen-bond acceptors (Lipinski definition) is 2. The van der Waals surface area contributed by atoms with E-state index in [1.807, 2.05) is 13.8 Å². The number of hydrogen-bond donors (Lipinski definition) is 0. The highest BCUT2D eigenvalue weighted by Crippen LogP contribution is 2.28. The minimum Gasteiger partial charge on any atom is -0.315 e. The zero-order chi connectivity index (χ0) is 13.4. The molecule has 3 amide bonds. The minimum atomic E-state index is -0.377. The van der Waals surface area contributed by atoms with Crippen LogP contribution in [0.25, 0.3) is 0 Å². The molecule has 4 nitrogen and oxygen atoms in total. The normalized spacial score (nSPS) is 19.9. The van der Waals surface area contributed by atoms with Gasteiger partial charge >= 0.3 is 6.03 Å². The summed E-state index contributed by atoms with van der Waals surface area (Å²) in [6.45, 7) is 3.76. The molecule has 0 aromatic heterocycles. The number of rotatable bonds is 2. The van der Waals surface area contributed by atoms with Crippen LogP contribution in [0, 0.1) is 6.92 Å². The molecule has 1 atom stereocenters.